The van der Waals surface area contributed by atoms with Crippen molar-refractivity contribution in [2.24, 2.45) is 0 Å². The molecular weight excluding hydrogens is 542 g/mol. The minimum absolute atomic E-state index is 0.0651. The van der Waals surface area contributed by atoms with Gasteiger partial charge in [0.1, 0.15) is 11.5 Å². The van der Waals surface area contributed by atoms with E-state index in [1.807, 2.05) is 11.8 Å². The Balaban J connectivity index is 1.24. The van der Waals surface area contributed by atoms with E-state index in [0.717, 1.165) is 11.4 Å². The maximum absolute atomic E-state index is 15.5. The van der Waals surface area contributed by atoms with Gasteiger partial charge < -0.3 is 15.0 Å². The van der Waals surface area contributed by atoms with Crippen molar-refractivity contribution in [2.75, 3.05) is 37.7 Å². The summed E-state index contributed by atoms with van der Waals surface area (Å²) in [7, 11) is -3.02. The molecule has 0 aliphatic carbocycles. The lowest BCUT2D eigenvalue weighted by Crippen LogP contribution is -2.47. The summed E-state index contributed by atoms with van der Waals surface area (Å²) < 4.78 is 53.0. The number of imidazole rings is 1. The molecule has 1 amide bonds. The number of hydrogen-bond acceptors (Lipinski definition) is 7. The molecule has 2 aliphatic rings. The van der Waals surface area contributed by atoms with Gasteiger partial charge in [0.15, 0.2) is 27.2 Å². The predicted molar refractivity (Wildman–Crippen MR) is 144 cm³/mol. The van der Waals surface area contributed by atoms with Crippen LogP contribution in [0.15, 0.2) is 24.3 Å². The Labute approximate surface area is 228 Å². The highest BCUT2D eigenvalue weighted by Gasteiger charge is 2.29. The van der Waals surface area contributed by atoms with E-state index in [-0.39, 0.29) is 29.3 Å². The Morgan fingerprint density at radius 2 is 1.88 bits per heavy atom. The fourth-order valence-electron chi connectivity index (χ4n) is 5.42. The number of halogens is 2. The van der Waals surface area contributed by atoms with Gasteiger partial charge in [-0.3, -0.25) is 14.8 Å². The number of aromatic nitrogens is 4. The monoisotopic (exact) mass is 570 g/mol. The summed E-state index contributed by atoms with van der Waals surface area (Å²) in [5.41, 5.74) is 3.86. The molecule has 2 aromatic heterocycles. The summed E-state index contributed by atoms with van der Waals surface area (Å²) in [5, 5.41) is 17.1. The highest BCUT2D eigenvalue weighted by atomic mass is 32.2. The fraction of sp³-hybridized carbons (Fsp3) is 0.370. The number of nitrogens with zero attached hydrogens (tertiary/aromatic N) is 4. The lowest BCUT2D eigenvalue weighted by Gasteiger charge is -2.31. The predicted octanol–water partition coefficient (Wildman–Crippen LogP) is 2.78. The van der Waals surface area contributed by atoms with Crippen LogP contribution in [0, 0.1) is 11.6 Å². The maximum atomic E-state index is 15.5. The molecule has 0 bridgehead atoms. The standard InChI is InChI=1S/C27H28F2N6O4S/c1-2-15-11-23(36)18(28)12-17(15)16-9-19(29)25-21(10-16)32-33-26(25)27-30-20-3-4-35(13-22(20)31-27)24(37)14-34-5-7-40(38,39)8-6-34/h9-12,36H,2-8,13-14H2,1H3,(H,30,31)(H,32,33). The quantitative estimate of drug-likeness (QED) is 0.336. The number of phenolic OH excluding ortho intramolecular Hbond substituents is 1. The van der Waals surface area contributed by atoms with Crippen LogP contribution in [-0.4, -0.2) is 87.1 Å². The Hall–Kier alpha value is -3.84. The third-order valence-electron chi connectivity index (χ3n) is 7.68. The molecule has 4 aromatic rings. The Kier molecular flexibility index (Phi) is 6.57. The van der Waals surface area contributed by atoms with Crippen LogP contribution in [0.5, 0.6) is 5.75 Å². The molecule has 6 rings (SSSR count). The van der Waals surface area contributed by atoms with Gasteiger partial charge in [0.2, 0.25) is 5.91 Å². The van der Waals surface area contributed by atoms with Crippen LogP contribution in [-0.2, 0) is 34.0 Å². The number of aryl methyl sites for hydroxylation is 1. The first kappa shape index (κ1) is 26.4. The van der Waals surface area contributed by atoms with Crippen molar-refractivity contribution in [3.63, 3.8) is 0 Å². The number of H-pyrrole nitrogens is 2. The largest absolute Gasteiger partial charge is 0.505 e. The molecule has 0 saturated carbocycles. The van der Waals surface area contributed by atoms with Crippen molar-refractivity contribution in [3.8, 4) is 28.4 Å². The number of rotatable bonds is 5. The molecule has 3 N–H and O–H groups in total. The average molecular weight is 571 g/mol. The van der Waals surface area contributed by atoms with Gasteiger partial charge in [-0.25, -0.2) is 22.2 Å². The van der Waals surface area contributed by atoms with Crippen LogP contribution in [0.25, 0.3) is 33.5 Å². The maximum Gasteiger partial charge on any atom is 0.237 e. The second-order valence-electron chi connectivity index (χ2n) is 10.3. The Bertz CT molecular complexity index is 1740. The summed E-state index contributed by atoms with van der Waals surface area (Å²) in [6.45, 7) is 3.52. The van der Waals surface area contributed by atoms with Crippen molar-refractivity contribution in [2.45, 2.75) is 26.3 Å². The molecule has 0 spiro atoms. The van der Waals surface area contributed by atoms with Crippen LogP contribution in [0.1, 0.15) is 23.9 Å². The fourth-order valence-corrected chi connectivity index (χ4v) is 6.70. The average Bonchev–Trinajstić information content (AvgIpc) is 3.55. The molecule has 2 aliphatic heterocycles. The second-order valence-corrected chi connectivity index (χ2v) is 12.6. The van der Waals surface area contributed by atoms with Crippen LogP contribution in [0.4, 0.5) is 8.78 Å². The molecule has 210 valence electrons. The minimum Gasteiger partial charge on any atom is -0.505 e. The van der Waals surface area contributed by atoms with Gasteiger partial charge in [0.05, 0.1) is 46.9 Å². The molecule has 1 saturated heterocycles. The number of amides is 1. The van der Waals surface area contributed by atoms with Gasteiger partial charge in [0.25, 0.3) is 0 Å². The highest BCUT2D eigenvalue weighted by Crippen LogP contribution is 2.35. The first-order chi connectivity index (χ1) is 19.1. The van der Waals surface area contributed by atoms with Crippen molar-refractivity contribution in [3.05, 3.63) is 52.9 Å². The van der Waals surface area contributed by atoms with Gasteiger partial charge >= 0.3 is 0 Å². The highest BCUT2D eigenvalue weighted by molar-refractivity contribution is 7.91. The van der Waals surface area contributed by atoms with Crippen LogP contribution in [0.3, 0.4) is 0 Å². The molecule has 0 radical (unpaired) electrons. The molecule has 0 atom stereocenters. The molecule has 10 nitrogen and oxygen atoms in total. The van der Waals surface area contributed by atoms with Gasteiger partial charge in [-0.15, -0.1) is 0 Å². The van der Waals surface area contributed by atoms with E-state index in [4.69, 9.17) is 0 Å². The van der Waals surface area contributed by atoms with Crippen LogP contribution >= 0.6 is 0 Å². The number of hydrogen-bond donors (Lipinski definition) is 3. The number of nitrogens with one attached hydrogen (secondary N) is 2. The lowest BCUT2D eigenvalue weighted by atomic mass is 9.96. The smallest absolute Gasteiger partial charge is 0.237 e. The van der Waals surface area contributed by atoms with E-state index in [0.29, 0.717) is 72.7 Å². The summed E-state index contributed by atoms with van der Waals surface area (Å²) in [4.78, 5) is 24.3. The van der Waals surface area contributed by atoms with Gasteiger partial charge in [-0.2, -0.15) is 5.10 Å². The van der Waals surface area contributed by atoms with Gasteiger partial charge in [-0.05, 0) is 47.4 Å². The van der Waals surface area contributed by atoms with Gasteiger partial charge in [-0.1, -0.05) is 6.92 Å². The number of aromatic amines is 2. The molecule has 0 unspecified atom stereocenters. The number of fused-ring (bicyclic) bond motifs is 2. The Morgan fingerprint density at radius 1 is 1.10 bits per heavy atom. The van der Waals surface area contributed by atoms with Gasteiger partial charge in [0, 0.05) is 26.1 Å². The third kappa shape index (κ3) is 4.83. The number of aromatic hydroxyl groups is 1. The molecule has 13 heteroatoms. The number of carbonyl (C=O) groups excluding carboxylic acids is 1. The van der Waals surface area contributed by atoms with Crippen molar-refractivity contribution >= 4 is 26.6 Å². The van der Waals surface area contributed by atoms with E-state index in [1.54, 1.807) is 11.0 Å². The number of phenols is 1. The van der Waals surface area contributed by atoms with E-state index < -0.39 is 27.2 Å². The first-order valence-corrected chi connectivity index (χ1v) is 14.9. The van der Waals surface area contributed by atoms with E-state index in [1.165, 1.54) is 18.2 Å². The van der Waals surface area contributed by atoms with Crippen molar-refractivity contribution in [1.29, 1.82) is 0 Å². The Morgan fingerprint density at radius 3 is 2.62 bits per heavy atom. The second kappa shape index (κ2) is 9.97. The van der Waals surface area contributed by atoms with Crippen LogP contribution < -0.4 is 0 Å². The number of sulfone groups is 1. The molecule has 40 heavy (non-hydrogen) atoms. The topological polar surface area (TPSA) is 135 Å². The zero-order valence-corrected chi connectivity index (χ0v) is 22.6. The summed E-state index contributed by atoms with van der Waals surface area (Å²) in [6, 6.07) is 5.56. The first-order valence-electron chi connectivity index (χ1n) is 13.1. The zero-order valence-electron chi connectivity index (χ0n) is 21.8. The SMILES string of the molecule is CCc1cc(O)c(F)cc1-c1cc(F)c2c(-c3nc4c([nH]3)CN(C(=O)CN3CCS(=O)(=O)CC3)CC4)n[nH]c2c1. The molecule has 1 fully saturated rings. The van der Waals surface area contributed by atoms with E-state index in [2.05, 4.69) is 20.2 Å². The van der Waals surface area contributed by atoms with E-state index in [9.17, 15) is 22.7 Å². The summed E-state index contributed by atoms with van der Waals surface area (Å²) >= 11 is 0. The zero-order chi connectivity index (χ0) is 28.2. The minimum atomic E-state index is -3.02. The molecular formula is C27H28F2N6O4S. The molecule has 4 heterocycles. The summed E-state index contributed by atoms with van der Waals surface area (Å²) in [6.07, 6.45) is 1.04. The normalized spacial score (nSPS) is 17.3. The third-order valence-corrected chi connectivity index (χ3v) is 9.29. The van der Waals surface area contributed by atoms with Crippen molar-refractivity contribution < 1.29 is 27.1 Å². The number of carbonyl (C=O) groups is 1. The van der Waals surface area contributed by atoms with E-state index >= 15 is 4.39 Å². The number of benzene rings is 2. The lowest BCUT2D eigenvalue weighted by molar-refractivity contribution is -0.133. The van der Waals surface area contributed by atoms with Crippen LogP contribution in [0.2, 0.25) is 0 Å². The summed E-state index contributed by atoms with van der Waals surface area (Å²) in [5.74, 6) is -1.36. The molecule has 2 aromatic carbocycles. The van der Waals surface area contributed by atoms with Crippen molar-refractivity contribution in [1.82, 2.24) is 30.0 Å².